The first kappa shape index (κ1) is 14.6. The zero-order chi connectivity index (χ0) is 14.0. The van der Waals surface area contributed by atoms with Crippen LogP contribution in [-0.4, -0.2) is 26.2 Å². The Labute approximate surface area is 102 Å². The van der Waals surface area contributed by atoms with E-state index in [9.17, 15) is 26.7 Å². The highest BCUT2D eigenvalue weighted by Crippen LogP contribution is 2.27. The van der Waals surface area contributed by atoms with Crippen molar-refractivity contribution in [2.45, 2.75) is 13.1 Å². The van der Waals surface area contributed by atoms with E-state index in [4.69, 9.17) is 0 Å². The van der Waals surface area contributed by atoms with Gasteiger partial charge < -0.3 is 5.11 Å². The summed E-state index contributed by atoms with van der Waals surface area (Å²) in [7, 11) is -4.39. The van der Waals surface area contributed by atoms with E-state index in [1.54, 1.807) is 0 Å². The highest BCUT2D eigenvalue weighted by atomic mass is 32.2. The molecular weight excluding hydrogens is 273 g/mol. The van der Waals surface area contributed by atoms with Gasteiger partial charge in [-0.1, -0.05) is 12.1 Å². The molecule has 18 heavy (non-hydrogen) atoms. The molecule has 3 N–H and O–H groups in total. The second kappa shape index (κ2) is 5.02. The quantitative estimate of drug-likeness (QED) is 0.733. The third kappa shape index (κ3) is 4.41. The van der Waals surface area contributed by atoms with Crippen LogP contribution < -0.4 is 9.44 Å². The van der Waals surface area contributed by atoms with Crippen molar-refractivity contribution in [2.24, 2.45) is 0 Å². The fourth-order valence-electron chi connectivity index (χ4n) is 1.10. The normalized spacial score (nSPS) is 12.4. The molecule has 0 saturated carbocycles. The number of aromatic hydroxyl groups is 1. The smallest absolute Gasteiger partial charge is 0.402 e. The highest BCUT2D eigenvalue weighted by Gasteiger charge is 2.29. The number of rotatable bonds is 4. The van der Waals surface area contributed by atoms with Gasteiger partial charge in [0.2, 0.25) is 0 Å². The van der Waals surface area contributed by atoms with Gasteiger partial charge in [0.15, 0.2) is 0 Å². The molecule has 9 heteroatoms. The minimum Gasteiger partial charge on any atom is -0.505 e. The van der Waals surface area contributed by atoms with Gasteiger partial charge in [-0.05, 0) is 18.6 Å². The summed E-state index contributed by atoms with van der Waals surface area (Å²) in [6, 6.07) is 4.21. The molecular formula is C9H11F3N2O3S. The molecule has 1 aromatic carbocycles. The lowest BCUT2D eigenvalue weighted by molar-refractivity contribution is -0.121. The summed E-state index contributed by atoms with van der Waals surface area (Å²) in [4.78, 5) is 0. The lowest BCUT2D eigenvalue weighted by Gasteiger charge is -2.12. The van der Waals surface area contributed by atoms with Crippen molar-refractivity contribution in [3.63, 3.8) is 0 Å². The van der Waals surface area contributed by atoms with Crippen LogP contribution in [0.3, 0.4) is 0 Å². The number of phenolic OH excluding ortho intramolecular Hbond substituents is 1. The molecule has 0 aliphatic rings. The average molecular weight is 284 g/mol. The van der Waals surface area contributed by atoms with Crippen molar-refractivity contribution in [3.05, 3.63) is 23.8 Å². The first-order valence-electron chi connectivity index (χ1n) is 4.73. The predicted molar refractivity (Wildman–Crippen MR) is 59.4 cm³/mol. The molecule has 102 valence electrons. The van der Waals surface area contributed by atoms with Crippen LogP contribution in [-0.2, 0) is 10.2 Å². The molecule has 0 spiro atoms. The van der Waals surface area contributed by atoms with Crippen LogP contribution in [0.25, 0.3) is 0 Å². The molecule has 0 aromatic heterocycles. The number of anilines is 1. The van der Waals surface area contributed by atoms with Crippen molar-refractivity contribution >= 4 is 15.9 Å². The Morgan fingerprint density at radius 2 is 1.94 bits per heavy atom. The van der Waals surface area contributed by atoms with Gasteiger partial charge in [0, 0.05) is 0 Å². The summed E-state index contributed by atoms with van der Waals surface area (Å²) in [5.74, 6) is -0.338. The highest BCUT2D eigenvalue weighted by molar-refractivity contribution is 7.90. The summed E-state index contributed by atoms with van der Waals surface area (Å²) in [5, 5.41) is 9.51. The first-order valence-corrected chi connectivity index (χ1v) is 6.22. The number of halogens is 3. The maximum atomic E-state index is 11.9. The Balaban J connectivity index is 2.80. The van der Waals surface area contributed by atoms with Crippen LogP contribution in [0.2, 0.25) is 0 Å². The van der Waals surface area contributed by atoms with Crippen LogP contribution in [0.5, 0.6) is 5.75 Å². The van der Waals surface area contributed by atoms with Gasteiger partial charge >= 0.3 is 6.18 Å². The van der Waals surface area contributed by atoms with Gasteiger partial charge in [-0.25, -0.2) is 0 Å². The van der Waals surface area contributed by atoms with Gasteiger partial charge in [-0.15, -0.1) is 0 Å². The van der Waals surface area contributed by atoms with E-state index in [1.807, 2.05) is 4.72 Å². The number of aryl methyl sites for hydroxylation is 1. The molecule has 0 radical (unpaired) electrons. The van der Waals surface area contributed by atoms with Crippen LogP contribution in [0.15, 0.2) is 18.2 Å². The maximum absolute atomic E-state index is 11.9. The van der Waals surface area contributed by atoms with Crippen molar-refractivity contribution < 1.29 is 26.7 Å². The number of hydrogen-bond acceptors (Lipinski definition) is 3. The second-order valence-corrected chi connectivity index (χ2v) is 5.01. The fourth-order valence-corrected chi connectivity index (χ4v) is 1.98. The number of hydrogen-bond donors (Lipinski definition) is 3. The lowest BCUT2D eigenvalue weighted by atomic mass is 10.2. The molecule has 0 amide bonds. The van der Waals surface area contributed by atoms with Crippen LogP contribution in [0.4, 0.5) is 18.9 Å². The van der Waals surface area contributed by atoms with E-state index in [-0.39, 0.29) is 11.4 Å². The summed E-state index contributed by atoms with van der Waals surface area (Å²) < 4.78 is 61.3. The number of para-hydroxylation sites is 1. The summed E-state index contributed by atoms with van der Waals surface area (Å²) in [6.07, 6.45) is -4.65. The number of nitrogens with one attached hydrogen (secondary N) is 2. The van der Waals surface area contributed by atoms with Gasteiger partial charge in [0.1, 0.15) is 12.3 Å². The standard InChI is InChI=1S/C9H11F3N2O3S/c1-6-3-2-4-7(8(6)15)14-18(16,17)13-5-9(10,11)12/h2-4,13-15H,5H2,1H3. The van der Waals surface area contributed by atoms with Crippen molar-refractivity contribution in [2.75, 3.05) is 11.3 Å². The van der Waals surface area contributed by atoms with Gasteiger partial charge in [-0.2, -0.15) is 26.3 Å². The molecule has 1 rings (SSSR count). The molecule has 0 atom stereocenters. The number of benzene rings is 1. The molecule has 0 fully saturated rings. The molecule has 0 aliphatic heterocycles. The topological polar surface area (TPSA) is 78.4 Å². The summed E-state index contributed by atoms with van der Waals surface area (Å²) in [5.41, 5.74) is 0.204. The largest absolute Gasteiger partial charge is 0.505 e. The minimum absolute atomic E-state index is 0.190. The predicted octanol–water partition coefficient (Wildman–Crippen LogP) is 1.51. The van der Waals surface area contributed by atoms with Gasteiger partial charge in [0.05, 0.1) is 5.69 Å². The van der Waals surface area contributed by atoms with E-state index in [1.165, 1.54) is 29.8 Å². The molecule has 0 bridgehead atoms. The maximum Gasteiger partial charge on any atom is 0.402 e. The second-order valence-electron chi connectivity index (χ2n) is 3.51. The van der Waals surface area contributed by atoms with Crippen molar-refractivity contribution in [1.29, 1.82) is 0 Å². The van der Waals surface area contributed by atoms with E-state index >= 15 is 0 Å². The molecule has 0 heterocycles. The van der Waals surface area contributed by atoms with Crippen LogP contribution >= 0.6 is 0 Å². The Hall–Kier alpha value is -1.48. The lowest BCUT2D eigenvalue weighted by Crippen LogP contribution is -2.37. The average Bonchev–Trinajstić information content (AvgIpc) is 2.21. The number of alkyl halides is 3. The summed E-state index contributed by atoms with van der Waals surface area (Å²) in [6.45, 7) is -0.162. The molecule has 0 aliphatic carbocycles. The molecule has 1 aromatic rings. The van der Waals surface area contributed by atoms with Crippen LogP contribution in [0, 0.1) is 6.92 Å². The van der Waals surface area contributed by atoms with E-state index in [0.29, 0.717) is 5.56 Å². The van der Waals surface area contributed by atoms with Crippen LogP contribution in [0.1, 0.15) is 5.56 Å². The Kier molecular flexibility index (Phi) is 4.07. The fraction of sp³-hybridized carbons (Fsp3) is 0.333. The van der Waals surface area contributed by atoms with Crippen molar-refractivity contribution in [1.82, 2.24) is 4.72 Å². The van der Waals surface area contributed by atoms with Gasteiger partial charge in [-0.3, -0.25) is 4.72 Å². The van der Waals surface area contributed by atoms with Gasteiger partial charge in [0.25, 0.3) is 10.2 Å². The van der Waals surface area contributed by atoms with E-state index in [2.05, 4.69) is 0 Å². The number of phenols is 1. The Bertz CT molecular complexity index is 528. The first-order chi connectivity index (χ1) is 8.11. The zero-order valence-electron chi connectivity index (χ0n) is 9.25. The van der Waals surface area contributed by atoms with E-state index in [0.717, 1.165) is 0 Å². The SMILES string of the molecule is Cc1cccc(NS(=O)(=O)NCC(F)(F)F)c1O. The minimum atomic E-state index is -4.65. The third-order valence-electron chi connectivity index (χ3n) is 1.94. The monoisotopic (exact) mass is 284 g/mol. The molecule has 0 saturated heterocycles. The molecule has 5 nitrogen and oxygen atoms in total. The third-order valence-corrected chi connectivity index (χ3v) is 2.96. The Morgan fingerprint density at radius 3 is 2.50 bits per heavy atom. The Morgan fingerprint density at radius 1 is 1.33 bits per heavy atom. The summed E-state index contributed by atoms with van der Waals surface area (Å²) >= 11 is 0. The zero-order valence-corrected chi connectivity index (χ0v) is 10.1. The van der Waals surface area contributed by atoms with E-state index < -0.39 is 22.9 Å². The molecule has 0 unspecified atom stereocenters. The van der Waals surface area contributed by atoms with Crippen molar-refractivity contribution in [3.8, 4) is 5.75 Å².